The lowest BCUT2D eigenvalue weighted by molar-refractivity contribution is -0.136. The maximum atomic E-state index is 12.9. The molecule has 1 aromatic carbocycles. The summed E-state index contributed by atoms with van der Waals surface area (Å²) in [6, 6.07) is 4.41. The maximum absolute atomic E-state index is 12.9. The number of imide groups is 1. The van der Waals surface area contributed by atoms with Gasteiger partial charge < -0.3 is 15.0 Å². The van der Waals surface area contributed by atoms with Crippen LogP contribution < -0.4 is 10.1 Å². The van der Waals surface area contributed by atoms with Crippen molar-refractivity contribution in [3.8, 4) is 5.75 Å². The van der Waals surface area contributed by atoms with Gasteiger partial charge in [0.25, 0.3) is 5.91 Å². The number of urea groups is 1. The van der Waals surface area contributed by atoms with Crippen LogP contribution in [0.2, 0.25) is 5.02 Å². The Morgan fingerprint density at radius 3 is 2.62 bits per heavy atom. The fourth-order valence-corrected chi connectivity index (χ4v) is 3.95. The summed E-state index contributed by atoms with van der Waals surface area (Å²) in [6.45, 7) is -0.334. The predicted molar refractivity (Wildman–Crippen MR) is 97.3 cm³/mol. The first-order valence-corrected chi connectivity index (χ1v) is 9.00. The highest BCUT2D eigenvalue weighted by molar-refractivity contribution is 6.31. The van der Waals surface area contributed by atoms with E-state index in [1.165, 1.54) is 12.0 Å². The molecule has 2 aliphatic rings. The highest BCUT2D eigenvalue weighted by Gasteiger charge is 2.55. The molecule has 26 heavy (non-hydrogen) atoms. The molecular weight excluding hydrogens is 358 g/mol. The van der Waals surface area contributed by atoms with Gasteiger partial charge >= 0.3 is 6.03 Å². The number of rotatable bonds is 4. The molecule has 1 saturated heterocycles. The van der Waals surface area contributed by atoms with Gasteiger partial charge in [-0.3, -0.25) is 14.5 Å². The van der Waals surface area contributed by atoms with Crippen molar-refractivity contribution in [1.82, 2.24) is 9.80 Å². The van der Waals surface area contributed by atoms with E-state index in [9.17, 15) is 14.4 Å². The third-order valence-electron chi connectivity index (χ3n) is 5.22. The van der Waals surface area contributed by atoms with Crippen molar-refractivity contribution in [2.45, 2.75) is 37.6 Å². The Kier molecular flexibility index (Phi) is 5.09. The standard InChI is InChI=1S/C18H22ClN3O4/c1-21-17(25)22(16(24)18(21)8-4-3-5-9-18)11-15(23)20-13-10-12(19)6-7-14(13)26-2/h6-7,10H,3-5,8-9,11H2,1-2H3,(H,20,23). The van der Waals surface area contributed by atoms with Gasteiger partial charge in [0.05, 0.1) is 12.8 Å². The summed E-state index contributed by atoms with van der Waals surface area (Å²) < 4.78 is 5.19. The molecule has 1 saturated carbocycles. The molecule has 140 valence electrons. The summed E-state index contributed by atoms with van der Waals surface area (Å²) in [4.78, 5) is 40.4. The van der Waals surface area contributed by atoms with Gasteiger partial charge in [0.1, 0.15) is 17.8 Å². The Balaban J connectivity index is 1.74. The van der Waals surface area contributed by atoms with E-state index in [-0.39, 0.29) is 12.5 Å². The Morgan fingerprint density at radius 2 is 1.96 bits per heavy atom. The number of carbonyl (C=O) groups excluding carboxylic acids is 3. The summed E-state index contributed by atoms with van der Waals surface area (Å²) in [6.07, 6.45) is 4.17. The van der Waals surface area contributed by atoms with Crippen LogP contribution in [-0.4, -0.2) is 53.9 Å². The lowest BCUT2D eigenvalue weighted by Gasteiger charge is -2.35. The molecule has 0 aromatic heterocycles. The number of methoxy groups -OCH3 is 1. The lowest BCUT2D eigenvalue weighted by atomic mass is 9.81. The largest absolute Gasteiger partial charge is 0.495 e. The SMILES string of the molecule is COc1ccc(Cl)cc1NC(=O)CN1C(=O)N(C)C2(CCCCC2)C1=O. The molecule has 0 bridgehead atoms. The Hall–Kier alpha value is -2.28. The number of nitrogens with one attached hydrogen (secondary N) is 1. The average Bonchev–Trinajstić information content (AvgIpc) is 2.79. The quantitative estimate of drug-likeness (QED) is 0.816. The molecule has 8 heteroatoms. The number of amides is 4. The second-order valence-electron chi connectivity index (χ2n) is 6.72. The fraction of sp³-hybridized carbons (Fsp3) is 0.500. The van der Waals surface area contributed by atoms with E-state index in [1.807, 2.05) is 0 Å². The summed E-state index contributed by atoms with van der Waals surface area (Å²) in [5, 5.41) is 3.10. The zero-order valence-corrected chi connectivity index (χ0v) is 15.6. The lowest BCUT2D eigenvalue weighted by Crippen LogP contribution is -2.49. The van der Waals surface area contributed by atoms with Crippen LogP contribution in [0.4, 0.5) is 10.5 Å². The number of hydrogen-bond acceptors (Lipinski definition) is 4. The summed E-state index contributed by atoms with van der Waals surface area (Å²) >= 11 is 5.96. The number of carbonyl (C=O) groups is 3. The first-order valence-electron chi connectivity index (χ1n) is 8.62. The minimum Gasteiger partial charge on any atom is -0.495 e. The van der Waals surface area contributed by atoms with Crippen molar-refractivity contribution in [3.63, 3.8) is 0 Å². The number of anilines is 1. The Labute approximate surface area is 157 Å². The first kappa shape index (κ1) is 18.5. The van der Waals surface area contributed by atoms with E-state index < -0.39 is 17.5 Å². The smallest absolute Gasteiger partial charge is 0.327 e. The summed E-state index contributed by atoms with van der Waals surface area (Å²) in [5.74, 6) is -0.311. The van der Waals surface area contributed by atoms with Crippen LogP contribution in [0.5, 0.6) is 5.75 Å². The number of likely N-dealkylation sites (N-methyl/N-ethyl adjacent to an activating group) is 1. The highest BCUT2D eigenvalue weighted by Crippen LogP contribution is 2.39. The molecule has 1 aliphatic carbocycles. The van der Waals surface area contributed by atoms with Crippen molar-refractivity contribution in [3.05, 3.63) is 23.2 Å². The molecule has 7 nitrogen and oxygen atoms in total. The van der Waals surface area contributed by atoms with Gasteiger partial charge in [-0.25, -0.2) is 4.79 Å². The van der Waals surface area contributed by atoms with Gasteiger partial charge in [0.15, 0.2) is 0 Å². The molecule has 1 spiro atoms. The number of hydrogen-bond donors (Lipinski definition) is 1. The number of nitrogens with zero attached hydrogens (tertiary/aromatic N) is 2. The maximum Gasteiger partial charge on any atom is 0.327 e. The van der Waals surface area contributed by atoms with E-state index in [1.54, 1.807) is 25.2 Å². The molecule has 2 fully saturated rings. The Bertz CT molecular complexity index is 746. The van der Waals surface area contributed by atoms with Crippen LogP contribution in [0, 0.1) is 0 Å². The second-order valence-corrected chi connectivity index (χ2v) is 7.15. The average molecular weight is 380 g/mol. The van der Waals surface area contributed by atoms with Crippen molar-refractivity contribution in [2.75, 3.05) is 26.0 Å². The van der Waals surface area contributed by atoms with Crippen LogP contribution in [0.25, 0.3) is 0 Å². The van der Waals surface area contributed by atoms with Gasteiger partial charge in [-0.15, -0.1) is 0 Å². The van der Waals surface area contributed by atoms with Crippen LogP contribution in [-0.2, 0) is 9.59 Å². The Morgan fingerprint density at radius 1 is 1.27 bits per heavy atom. The van der Waals surface area contributed by atoms with Crippen LogP contribution in [0.3, 0.4) is 0 Å². The van der Waals surface area contributed by atoms with Gasteiger partial charge in [-0.1, -0.05) is 30.9 Å². The molecule has 1 aromatic rings. The van der Waals surface area contributed by atoms with Crippen LogP contribution in [0.1, 0.15) is 32.1 Å². The van der Waals surface area contributed by atoms with E-state index >= 15 is 0 Å². The molecule has 3 rings (SSSR count). The molecule has 1 aliphatic heterocycles. The van der Waals surface area contributed by atoms with Gasteiger partial charge in [0.2, 0.25) is 5.91 Å². The van der Waals surface area contributed by atoms with Gasteiger partial charge in [-0.05, 0) is 31.0 Å². The third-order valence-corrected chi connectivity index (χ3v) is 5.46. The minimum atomic E-state index is -0.788. The van der Waals surface area contributed by atoms with Crippen molar-refractivity contribution >= 4 is 35.1 Å². The normalized spacial score (nSPS) is 19.2. The predicted octanol–water partition coefficient (Wildman–Crippen LogP) is 2.88. The van der Waals surface area contributed by atoms with E-state index in [4.69, 9.17) is 16.3 Å². The highest BCUT2D eigenvalue weighted by atomic mass is 35.5. The number of benzene rings is 1. The third kappa shape index (κ3) is 3.11. The zero-order chi connectivity index (χ0) is 18.9. The van der Waals surface area contributed by atoms with Gasteiger partial charge in [0, 0.05) is 12.1 Å². The summed E-state index contributed by atoms with van der Waals surface area (Å²) in [7, 11) is 3.12. The van der Waals surface area contributed by atoms with Crippen LogP contribution in [0.15, 0.2) is 18.2 Å². The minimum absolute atomic E-state index is 0.280. The molecule has 4 amide bonds. The summed E-state index contributed by atoms with van der Waals surface area (Å²) in [5.41, 5.74) is -0.395. The zero-order valence-electron chi connectivity index (χ0n) is 14.9. The number of halogens is 1. The fourth-order valence-electron chi connectivity index (χ4n) is 3.78. The second kappa shape index (κ2) is 7.15. The van der Waals surface area contributed by atoms with E-state index in [2.05, 4.69) is 5.32 Å². The monoisotopic (exact) mass is 379 g/mol. The van der Waals surface area contributed by atoms with Crippen molar-refractivity contribution in [2.24, 2.45) is 0 Å². The molecular formula is C18H22ClN3O4. The molecule has 0 atom stereocenters. The molecule has 1 heterocycles. The van der Waals surface area contributed by atoms with Crippen molar-refractivity contribution in [1.29, 1.82) is 0 Å². The molecule has 0 unspecified atom stereocenters. The first-order chi connectivity index (χ1) is 12.4. The van der Waals surface area contributed by atoms with E-state index in [0.29, 0.717) is 29.3 Å². The van der Waals surface area contributed by atoms with E-state index in [0.717, 1.165) is 24.2 Å². The molecule has 1 N–H and O–H groups in total. The van der Waals surface area contributed by atoms with Crippen molar-refractivity contribution < 1.29 is 19.1 Å². The van der Waals surface area contributed by atoms with Crippen LogP contribution >= 0.6 is 11.6 Å². The number of ether oxygens (including phenoxy) is 1. The topological polar surface area (TPSA) is 79.0 Å². The van der Waals surface area contributed by atoms with Gasteiger partial charge in [-0.2, -0.15) is 0 Å². The molecule has 0 radical (unpaired) electrons.